The van der Waals surface area contributed by atoms with Crippen molar-refractivity contribution >= 4 is 40.4 Å². The summed E-state index contributed by atoms with van der Waals surface area (Å²) in [5.74, 6) is 0.308. The highest BCUT2D eigenvalue weighted by Crippen LogP contribution is 2.27. The number of aromatic nitrogens is 2. The van der Waals surface area contributed by atoms with Gasteiger partial charge >= 0.3 is 0 Å². The van der Waals surface area contributed by atoms with E-state index in [1.165, 1.54) is 0 Å². The number of anilines is 1. The van der Waals surface area contributed by atoms with Gasteiger partial charge in [-0.05, 0) is 67.1 Å². The van der Waals surface area contributed by atoms with Gasteiger partial charge in [0.1, 0.15) is 0 Å². The molecule has 2 amide bonds. The van der Waals surface area contributed by atoms with Gasteiger partial charge in [0.25, 0.3) is 5.91 Å². The Labute approximate surface area is 218 Å². The average Bonchev–Trinajstić information content (AvgIpc) is 3.42. The summed E-state index contributed by atoms with van der Waals surface area (Å²) >= 11 is 5.99. The molecule has 1 fully saturated rings. The van der Waals surface area contributed by atoms with E-state index in [-0.39, 0.29) is 23.3 Å². The maximum atomic E-state index is 13.0. The number of nitrogens with one attached hydrogen (secondary N) is 2. The summed E-state index contributed by atoms with van der Waals surface area (Å²) in [7, 11) is 0. The van der Waals surface area contributed by atoms with Crippen LogP contribution >= 0.6 is 11.6 Å². The third-order valence-electron chi connectivity index (χ3n) is 7.23. The third kappa shape index (κ3) is 5.90. The standard InChI is InChI=1S/C28H36ClN5O2/c1-18(28(3,4)5)30-16-20-8-13-25-24(15-20)31-27(32-26(36)21-9-11-22(29)12-10-21)34(25)17-23-7-6-14-33(23)19(2)35/h8-13,15,18,23,30H,6-7,14,16-17H2,1-5H3,(H,31,32,36)/t18-,23?/m0/s1. The highest BCUT2D eigenvalue weighted by atomic mass is 35.5. The molecule has 2 aromatic carbocycles. The average molecular weight is 510 g/mol. The van der Waals surface area contributed by atoms with Gasteiger partial charge in [0.05, 0.1) is 11.0 Å². The summed E-state index contributed by atoms with van der Waals surface area (Å²) < 4.78 is 2.03. The second-order valence-corrected chi connectivity index (χ2v) is 11.2. The van der Waals surface area contributed by atoms with Gasteiger partial charge in [0.15, 0.2) is 0 Å². The highest BCUT2D eigenvalue weighted by molar-refractivity contribution is 6.30. The van der Waals surface area contributed by atoms with Crippen molar-refractivity contribution in [2.24, 2.45) is 5.41 Å². The number of likely N-dealkylation sites (tertiary alicyclic amines) is 1. The molecule has 8 heteroatoms. The predicted molar refractivity (Wildman–Crippen MR) is 145 cm³/mol. The zero-order chi connectivity index (χ0) is 26.0. The Bertz CT molecular complexity index is 1250. The number of rotatable bonds is 7. The fourth-order valence-corrected chi connectivity index (χ4v) is 4.69. The number of carbonyl (C=O) groups excluding carboxylic acids is 2. The fraction of sp³-hybridized carbons (Fsp3) is 0.464. The molecule has 2 atom stereocenters. The summed E-state index contributed by atoms with van der Waals surface area (Å²) in [6.07, 6.45) is 1.90. The topological polar surface area (TPSA) is 79.3 Å². The van der Waals surface area contributed by atoms with E-state index in [1.54, 1.807) is 31.2 Å². The van der Waals surface area contributed by atoms with Crippen LogP contribution in [0.3, 0.4) is 0 Å². The van der Waals surface area contributed by atoms with Crippen LogP contribution in [0.15, 0.2) is 42.5 Å². The molecule has 0 bridgehead atoms. The Morgan fingerprint density at radius 2 is 1.89 bits per heavy atom. The summed E-state index contributed by atoms with van der Waals surface area (Å²) in [5, 5.41) is 7.17. The maximum absolute atomic E-state index is 13.0. The Kier molecular flexibility index (Phi) is 7.71. The summed E-state index contributed by atoms with van der Waals surface area (Å²) in [5.41, 5.74) is 3.55. The Morgan fingerprint density at radius 3 is 2.56 bits per heavy atom. The first-order valence-corrected chi connectivity index (χ1v) is 13.0. The number of halogens is 1. The second kappa shape index (κ2) is 10.6. The van der Waals surface area contributed by atoms with E-state index in [0.717, 1.165) is 42.5 Å². The molecular formula is C28H36ClN5O2. The van der Waals surface area contributed by atoms with Crippen LogP contribution in [0.2, 0.25) is 5.02 Å². The lowest BCUT2D eigenvalue weighted by Crippen LogP contribution is -2.37. The van der Waals surface area contributed by atoms with E-state index in [4.69, 9.17) is 16.6 Å². The molecule has 192 valence electrons. The zero-order valence-corrected chi connectivity index (χ0v) is 22.5. The van der Waals surface area contributed by atoms with Crippen LogP contribution in [0.5, 0.6) is 0 Å². The lowest BCUT2D eigenvalue weighted by atomic mass is 9.88. The normalized spacial score (nSPS) is 16.9. The molecule has 1 aliphatic rings. The molecule has 3 aromatic rings. The molecule has 1 saturated heterocycles. The minimum Gasteiger partial charge on any atom is -0.338 e. The highest BCUT2D eigenvalue weighted by Gasteiger charge is 2.28. The van der Waals surface area contributed by atoms with Crippen molar-refractivity contribution in [3.05, 3.63) is 58.6 Å². The van der Waals surface area contributed by atoms with Gasteiger partial charge in [-0.1, -0.05) is 38.4 Å². The molecule has 2 heterocycles. The van der Waals surface area contributed by atoms with E-state index in [0.29, 0.717) is 29.1 Å². The van der Waals surface area contributed by atoms with Crippen LogP contribution in [0.25, 0.3) is 11.0 Å². The number of amides is 2. The smallest absolute Gasteiger partial charge is 0.257 e. The monoisotopic (exact) mass is 509 g/mol. The number of benzene rings is 2. The summed E-state index contributed by atoms with van der Waals surface area (Å²) in [4.78, 5) is 31.9. The maximum Gasteiger partial charge on any atom is 0.257 e. The van der Waals surface area contributed by atoms with Crippen molar-refractivity contribution in [1.82, 2.24) is 19.8 Å². The molecule has 2 N–H and O–H groups in total. The van der Waals surface area contributed by atoms with Crippen molar-refractivity contribution in [2.75, 3.05) is 11.9 Å². The molecule has 1 unspecified atom stereocenters. The van der Waals surface area contributed by atoms with Crippen LogP contribution in [-0.4, -0.2) is 44.9 Å². The fourth-order valence-electron chi connectivity index (χ4n) is 4.57. The Hall–Kier alpha value is -2.90. The Morgan fingerprint density at radius 1 is 1.17 bits per heavy atom. The molecule has 36 heavy (non-hydrogen) atoms. The number of nitrogens with zero attached hydrogens (tertiary/aromatic N) is 3. The minimum absolute atomic E-state index is 0.0695. The molecule has 4 rings (SSSR count). The molecule has 1 aromatic heterocycles. The number of carbonyl (C=O) groups is 2. The van der Waals surface area contributed by atoms with E-state index in [9.17, 15) is 9.59 Å². The quantitative estimate of drug-likeness (QED) is 0.442. The van der Waals surface area contributed by atoms with Crippen LogP contribution in [0, 0.1) is 5.41 Å². The summed E-state index contributed by atoms with van der Waals surface area (Å²) in [6.45, 7) is 12.5. The second-order valence-electron chi connectivity index (χ2n) is 10.8. The molecular weight excluding hydrogens is 474 g/mol. The zero-order valence-electron chi connectivity index (χ0n) is 21.8. The van der Waals surface area contributed by atoms with Crippen molar-refractivity contribution in [3.8, 4) is 0 Å². The van der Waals surface area contributed by atoms with Gasteiger partial charge < -0.3 is 14.8 Å². The van der Waals surface area contributed by atoms with Crippen molar-refractivity contribution in [2.45, 2.75) is 72.6 Å². The first-order valence-electron chi connectivity index (χ1n) is 12.6. The molecule has 1 aliphatic heterocycles. The first kappa shape index (κ1) is 26.2. The number of hydrogen-bond acceptors (Lipinski definition) is 4. The van der Waals surface area contributed by atoms with Gasteiger partial charge in [-0.2, -0.15) is 0 Å². The molecule has 0 aliphatic carbocycles. The molecule has 0 saturated carbocycles. The lowest BCUT2D eigenvalue weighted by molar-refractivity contribution is -0.129. The van der Waals surface area contributed by atoms with Crippen molar-refractivity contribution in [1.29, 1.82) is 0 Å². The molecule has 7 nitrogen and oxygen atoms in total. The third-order valence-corrected chi connectivity index (χ3v) is 7.48. The van der Waals surface area contributed by atoms with E-state index < -0.39 is 0 Å². The number of imidazole rings is 1. The Balaban J connectivity index is 1.64. The number of hydrogen-bond donors (Lipinski definition) is 2. The van der Waals surface area contributed by atoms with Crippen LogP contribution in [-0.2, 0) is 17.9 Å². The van der Waals surface area contributed by atoms with E-state index in [2.05, 4.69) is 56.5 Å². The van der Waals surface area contributed by atoms with Crippen LogP contribution in [0.1, 0.15) is 63.4 Å². The van der Waals surface area contributed by atoms with Crippen LogP contribution in [0.4, 0.5) is 5.95 Å². The lowest BCUT2D eigenvalue weighted by Gasteiger charge is -2.28. The molecule has 0 radical (unpaired) electrons. The SMILES string of the molecule is CC(=O)N1CCCC1Cn1c(NC(=O)c2ccc(Cl)cc2)nc2cc(CN[C@@H](C)C(C)(C)C)ccc21. The largest absolute Gasteiger partial charge is 0.338 e. The van der Waals surface area contributed by atoms with Gasteiger partial charge in [-0.3, -0.25) is 14.9 Å². The van der Waals surface area contributed by atoms with Gasteiger partial charge in [0.2, 0.25) is 11.9 Å². The van der Waals surface area contributed by atoms with Crippen LogP contribution < -0.4 is 10.6 Å². The van der Waals surface area contributed by atoms with Crippen molar-refractivity contribution < 1.29 is 9.59 Å². The van der Waals surface area contributed by atoms with E-state index in [1.807, 2.05) is 9.47 Å². The summed E-state index contributed by atoms with van der Waals surface area (Å²) in [6, 6.07) is 13.4. The van der Waals surface area contributed by atoms with E-state index >= 15 is 0 Å². The minimum atomic E-state index is -0.251. The van der Waals surface area contributed by atoms with Gasteiger partial charge in [0, 0.05) is 49.2 Å². The predicted octanol–water partition coefficient (Wildman–Crippen LogP) is 5.48. The van der Waals surface area contributed by atoms with Gasteiger partial charge in [-0.25, -0.2) is 4.98 Å². The first-order chi connectivity index (χ1) is 17.0. The van der Waals surface area contributed by atoms with Crippen molar-refractivity contribution in [3.63, 3.8) is 0 Å². The number of fused-ring (bicyclic) bond motifs is 1. The van der Waals surface area contributed by atoms with Gasteiger partial charge in [-0.15, -0.1) is 0 Å². The molecule has 0 spiro atoms.